The molecule has 3 nitrogen and oxygen atoms in total. The molecule has 0 aromatic heterocycles. The topological polar surface area (TPSA) is 46.5 Å². The summed E-state index contributed by atoms with van der Waals surface area (Å²) in [5.74, 6) is -0.816. The van der Waals surface area contributed by atoms with Crippen LogP contribution in [0.25, 0.3) is 0 Å². The molecule has 0 fully saturated rings. The molecule has 3 heteroatoms. The van der Waals surface area contributed by atoms with Gasteiger partial charge in [-0.3, -0.25) is 4.79 Å². The van der Waals surface area contributed by atoms with Crippen molar-refractivity contribution >= 4 is 5.97 Å². The van der Waals surface area contributed by atoms with Gasteiger partial charge in [-0.1, -0.05) is 71.1 Å². The molecule has 0 saturated heterocycles. The Labute approximate surface area is 124 Å². The highest BCUT2D eigenvalue weighted by atomic mass is 16.5. The van der Waals surface area contributed by atoms with E-state index in [0.717, 1.165) is 19.3 Å². The van der Waals surface area contributed by atoms with E-state index in [0.29, 0.717) is 6.42 Å². The van der Waals surface area contributed by atoms with E-state index < -0.39 is 19.1 Å². The van der Waals surface area contributed by atoms with Crippen LogP contribution in [0.4, 0.5) is 0 Å². The van der Waals surface area contributed by atoms with Crippen LogP contribution in [0.5, 0.6) is 0 Å². The van der Waals surface area contributed by atoms with Crippen LogP contribution in [0.2, 0.25) is 0 Å². The SMILES string of the molecule is [2H]C([2H])(O)C([2H])([2H])OC(=O)CCCCCCCCCCCCC. The average molecular weight is 276 g/mol. The van der Waals surface area contributed by atoms with Crippen LogP contribution in [0.1, 0.15) is 89.5 Å². The van der Waals surface area contributed by atoms with Crippen molar-refractivity contribution in [2.45, 2.75) is 84.0 Å². The zero-order chi connectivity index (χ0) is 17.8. The lowest BCUT2D eigenvalue weighted by molar-refractivity contribution is -0.144. The number of aliphatic hydroxyl groups is 1. The second-order valence-electron chi connectivity index (χ2n) is 4.97. The smallest absolute Gasteiger partial charge is 0.305 e. The molecule has 0 spiro atoms. The summed E-state index contributed by atoms with van der Waals surface area (Å²) in [6.07, 6.45) is 12.7. The maximum absolute atomic E-state index is 11.4. The molecule has 0 bridgehead atoms. The van der Waals surface area contributed by atoms with Gasteiger partial charge in [0.15, 0.2) is 0 Å². The third kappa shape index (κ3) is 15.4. The van der Waals surface area contributed by atoms with Gasteiger partial charge >= 0.3 is 5.97 Å². The first-order chi connectivity index (χ1) is 10.7. The van der Waals surface area contributed by atoms with Crippen LogP contribution >= 0.6 is 0 Å². The van der Waals surface area contributed by atoms with Gasteiger partial charge in [-0.15, -0.1) is 0 Å². The molecular formula is C16H32O3. The van der Waals surface area contributed by atoms with Gasteiger partial charge in [0, 0.05) is 6.42 Å². The van der Waals surface area contributed by atoms with Crippen molar-refractivity contribution in [3.63, 3.8) is 0 Å². The molecule has 0 radical (unpaired) electrons. The minimum Gasteiger partial charge on any atom is -0.463 e. The van der Waals surface area contributed by atoms with Crippen molar-refractivity contribution in [2.24, 2.45) is 0 Å². The van der Waals surface area contributed by atoms with Gasteiger partial charge < -0.3 is 9.84 Å². The number of unbranched alkanes of at least 4 members (excludes halogenated alkanes) is 10. The van der Waals surface area contributed by atoms with Crippen molar-refractivity contribution in [3.05, 3.63) is 0 Å². The summed E-state index contributed by atoms with van der Waals surface area (Å²) in [5, 5.41) is 8.94. The Hall–Kier alpha value is -0.570. The van der Waals surface area contributed by atoms with Crippen molar-refractivity contribution in [1.82, 2.24) is 0 Å². The minimum atomic E-state index is -3.19. The van der Waals surface area contributed by atoms with Gasteiger partial charge in [0.25, 0.3) is 0 Å². The number of hydrogen-bond acceptors (Lipinski definition) is 3. The fraction of sp³-hybridized carbons (Fsp3) is 0.938. The summed E-state index contributed by atoms with van der Waals surface area (Å²) in [6, 6.07) is 0. The van der Waals surface area contributed by atoms with Crippen molar-refractivity contribution in [2.75, 3.05) is 13.1 Å². The Kier molecular flexibility index (Phi) is 9.94. The second-order valence-corrected chi connectivity index (χ2v) is 4.97. The largest absolute Gasteiger partial charge is 0.463 e. The number of rotatable bonds is 14. The third-order valence-electron chi connectivity index (χ3n) is 3.19. The van der Waals surface area contributed by atoms with Gasteiger partial charge in [-0.05, 0) is 6.42 Å². The molecule has 0 heterocycles. The Morgan fingerprint density at radius 1 is 0.947 bits per heavy atom. The van der Waals surface area contributed by atoms with E-state index in [4.69, 9.17) is 10.6 Å². The highest BCUT2D eigenvalue weighted by Gasteiger charge is 2.01. The first kappa shape index (κ1) is 12.2. The van der Waals surface area contributed by atoms with Crippen LogP contribution in [0, 0.1) is 0 Å². The first-order valence-electron chi connectivity index (χ1n) is 9.65. The second kappa shape index (κ2) is 15.5. The van der Waals surface area contributed by atoms with Gasteiger partial charge in [0.2, 0.25) is 0 Å². The van der Waals surface area contributed by atoms with E-state index in [-0.39, 0.29) is 6.42 Å². The summed E-state index contributed by atoms with van der Waals surface area (Å²) in [7, 11) is 0. The Bertz CT molecular complexity index is 317. The fourth-order valence-corrected chi connectivity index (χ4v) is 2.06. The first-order valence-corrected chi connectivity index (χ1v) is 7.65. The lowest BCUT2D eigenvalue weighted by Gasteiger charge is -2.03. The molecule has 0 rings (SSSR count). The van der Waals surface area contributed by atoms with Crippen LogP contribution in [0.15, 0.2) is 0 Å². The van der Waals surface area contributed by atoms with Crippen LogP contribution in [0.3, 0.4) is 0 Å². The van der Waals surface area contributed by atoms with Gasteiger partial charge in [-0.25, -0.2) is 0 Å². The van der Waals surface area contributed by atoms with E-state index in [2.05, 4.69) is 11.7 Å². The molecule has 0 atom stereocenters. The van der Waals surface area contributed by atoms with Gasteiger partial charge in [0.1, 0.15) is 6.56 Å². The third-order valence-corrected chi connectivity index (χ3v) is 3.19. The molecule has 0 aromatic carbocycles. The lowest BCUT2D eigenvalue weighted by Crippen LogP contribution is -2.07. The zero-order valence-electron chi connectivity index (χ0n) is 16.2. The Balaban J connectivity index is 3.50. The molecule has 19 heavy (non-hydrogen) atoms. The predicted octanol–water partition coefficient (Wildman–Crippen LogP) is 4.22. The van der Waals surface area contributed by atoms with E-state index in [1.165, 1.54) is 44.9 Å². The Morgan fingerprint density at radius 2 is 1.42 bits per heavy atom. The molecule has 0 saturated carbocycles. The molecule has 0 aliphatic carbocycles. The summed E-state index contributed by atoms with van der Waals surface area (Å²) in [4.78, 5) is 11.4. The van der Waals surface area contributed by atoms with Crippen LogP contribution in [-0.4, -0.2) is 24.2 Å². The summed E-state index contributed by atoms with van der Waals surface area (Å²) in [5.41, 5.74) is 0. The number of carbonyl (C=O) groups excluding carboxylic acids is 1. The quantitative estimate of drug-likeness (QED) is 0.381. The molecule has 0 aliphatic heterocycles. The lowest BCUT2D eigenvalue weighted by atomic mass is 10.1. The fourth-order valence-electron chi connectivity index (χ4n) is 2.06. The summed E-state index contributed by atoms with van der Waals surface area (Å²) < 4.78 is 32.4. The van der Waals surface area contributed by atoms with Crippen molar-refractivity contribution < 1.29 is 20.1 Å². The number of ether oxygens (including phenoxy) is 1. The minimum absolute atomic E-state index is 0.0482. The van der Waals surface area contributed by atoms with E-state index in [9.17, 15) is 4.79 Å². The number of carbonyl (C=O) groups is 1. The maximum atomic E-state index is 11.4. The molecule has 1 N–H and O–H groups in total. The monoisotopic (exact) mass is 276 g/mol. The van der Waals surface area contributed by atoms with Gasteiger partial charge in [0.05, 0.1) is 12.0 Å². The van der Waals surface area contributed by atoms with Crippen LogP contribution < -0.4 is 0 Å². The zero-order valence-corrected chi connectivity index (χ0v) is 12.2. The van der Waals surface area contributed by atoms with E-state index >= 15 is 0 Å². The standard InChI is InChI=1S/C16H32O3/c1-2-3-4-5-6-7-8-9-10-11-12-13-16(18)19-15-14-17/h17H,2-15H2,1H3/i14D2,15D2. The normalized spacial score (nSPS) is 15.3. The Morgan fingerprint density at radius 3 is 1.89 bits per heavy atom. The molecule has 114 valence electrons. The highest BCUT2D eigenvalue weighted by Crippen LogP contribution is 2.12. The number of hydrogen-bond donors (Lipinski definition) is 1. The predicted molar refractivity (Wildman–Crippen MR) is 79.1 cm³/mol. The molecular weight excluding hydrogens is 240 g/mol. The molecule has 0 aliphatic rings. The molecule has 0 unspecified atom stereocenters. The summed E-state index contributed by atoms with van der Waals surface area (Å²) in [6.45, 7) is -3.99. The highest BCUT2D eigenvalue weighted by molar-refractivity contribution is 5.69. The molecule has 0 aromatic rings. The van der Waals surface area contributed by atoms with Gasteiger partial charge in [-0.2, -0.15) is 0 Å². The number of esters is 1. The van der Waals surface area contributed by atoms with Crippen molar-refractivity contribution in [3.8, 4) is 0 Å². The molecule has 0 amide bonds. The average Bonchev–Trinajstić information content (AvgIpc) is 2.43. The summed E-state index contributed by atoms with van der Waals surface area (Å²) >= 11 is 0. The maximum Gasteiger partial charge on any atom is 0.305 e. The van der Waals surface area contributed by atoms with E-state index in [1.807, 2.05) is 0 Å². The van der Waals surface area contributed by atoms with Crippen molar-refractivity contribution in [1.29, 1.82) is 0 Å². The van der Waals surface area contributed by atoms with E-state index in [1.54, 1.807) is 0 Å². The van der Waals surface area contributed by atoms with Crippen LogP contribution in [-0.2, 0) is 9.53 Å².